The van der Waals surface area contributed by atoms with Crippen LogP contribution >= 0.6 is 11.3 Å². The summed E-state index contributed by atoms with van der Waals surface area (Å²) < 4.78 is 25.9. The minimum Gasteiger partial charge on any atom is -0.361 e. The molecule has 0 fully saturated rings. The van der Waals surface area contributed by atoms with Crippen LogP contribution in [0.2, 0.25) is 0 Å². The van der Waals surface area contributed by atoms with Gasteiger partial charge in [0.25, 0.3) is 0 Å². The third-order valence-corrected chi connectivity index (χ3v) is 6.25. The van der Waals surface area contributed by atoms with Crippen molar-refractivity contribution in [2.75, 3.05) is 17.2 Å². The molecular weight excluding hydrogens is 296 g/mol. The molecule has 0 unspecified atom stereocenters. The number of rotatable bonds is 2. The third kappa shape index (κ3) is 2.03. The van der Waals surface area contributed by atoms with Gasteiger partial charge < -0.3 is 4.90 Å². The highest BCUT2D eigenvalue weighted by atomic mass is 32.2. The van der Waals surface area contributed by atoms with E-state index in [4.69, 9.17) is 0 Å². The Morgan fingerprint density at radius 1 is 1.35 bits per heavy atom. The summed E-state index contributed by atoms with van der Waals surface area (Å²) in [6.45, 7) is 5.01. The van der Waals surface area contributed by atoms with Crippen LogP contribution in [0.1, 0.15) is 16.3 Å². The first kappa shape index (κ1) is 13.6. The van der Waals surface area contributed by atoms with Gasteiger partial charge in [0, 0.05) is 18.5 Å². The molecule has 0 aliphatic carbocycles. The number of hydrogen-bond acceptors (Lipinski definition) is 6. The first-order chi connectivity index (χ1) is 9.40. The topological polar surface area (TPSA) is 68.1 Å². The Balaban J connectivity index is 2.06. The minimum atomic E-state index is -3.23. The summed E-state index contributed by atoms with van der Waals surface area (Å²) in [6, 6.07) is 0. The summed E-state index contributed by atoms with van der Waals surface area (Å²) in [5.41, 5.74) is 4.33. The molecule has 0 aromatic carbocycles. The molecule has 0 saturated carbocycles. The molecule has 6 nitrogen and oxygen atoms in total. The first-order valence-electron chi connectivity index (χ1n) is 6.30. The van der Waals surface area contributed by atoms with Gasteiger partial charge in [-0.3, -0.25) is 4.68 Å². The molecule has 0 bridgehead atoms. The van der Waals surface area contributed by atoms with E-state index in [2.05, 4.69) is 15.0 Å². The predicted molar refractivity (Wildman–Crippen MR) is 77.9 cm³/mol. The highest BCUT2D eigenvalue weighted by Crippen LogP contribution is 2.34. The second-order valence-corrected chi connectivity index (χ2v) is 7.93. The van der Waals surface area contributed by atoms with Crippen LogP contribution < -0.4 is 4.90 Å². The van der Waals surface area contributed by atoms with Crippen molar-refractivity contribution in [3.8, 4) is 0 Å². The molecule has 3 heterocycles. The second-order valence-electron chi connectivity index (χ2n) is 4.96. The molecule has 2 aromatic heterocycles. The van der Waals surface area contributed by atoms with Gasteiger partial charge in [0.05, 0.1) is 34.9 Å². The van der Waals surface area contributed by atoms with Crippen LogP contribution in [0.5, 0.6) is 0 Å². The highest BCUT2D eigenvalue weighted by molar-refractivity contribution is 7.91. The van der Waals surface area contributed by atoms with E-state index in [1.807, 2.05) is 19.4 Å². The molecule has 1 aliphatic rings. The lowest BCUT2D eigenvalue weighted by molar-refractivity contribution is 0.568. The Hall–Kier alpha value is -1.41. The van der Waals surface area contributed by atoms with Crippen LogP contribution in [-0.2, 0) is 23.4 Å². The van der Waals surface area contributed by atoms with Crippen LogP contribution in [0.25, 0.3) is 0 Å². The predicted octanol–water partition coefficient (Wildman–Crippen LogP) is 1.29. The molecule has 0 N–H and O–H groups in total. The average molecular weight is 312 g/mol. The van der Waals surface area contributed by atoms with E-state index in [0.29, 0.717) is 18.1 Å². The second kappa shape index (κ2) is 4.56. The van der Waals surface area contributed by atoms with E-state index < -0.39 is 9.84 Å². The molecule has 8 heteroatoms. The quantitative estimate of drug-likeness (QED) is 0.836. The largest absolute Gasteiger partial charge is 0.361 e. The summed E-state index contributed by atoms with van der Waals surface area (Å²) in [6.07, 6.45) is 0. The fourth-order valence-electron chi connectivity index (χ4n) is 2.59. The van der Waals surface area contributed by atoms with Crippen LogP contribution in [-0.4, -0.2) is 35.5 Å². The van der Waals surface area contributed by atoms with Crippen molar-refractivity contribution in [1.82, 2.24) is 14.8 Å². The summed E-state index contributed by atoms with van der Waals surface area (Å²) >= 11 is 1.60. The standard InChI is InChI=1S/C12H16N4O2S2/c1-8-10(19-7-13-8)6-16-4-5-20(17,18)12-11(16)9(2)14-15(12)3/h7H,4-6H2,1-3H3. The number of nitrogens with zero attached hydrogens (tertiary/aromatic N) is 4. The Bertz CT molecular complexity index is 761. The van der Waals surface area contributed by atoms with Gasteiger partial charge in [0.15, 0.2) is 14.9 Å². The SMILES string of the molecule is Cc1ncsc1CN1CCS(=O)(=O)c2c1c(C)nn2C. The number of aromatic nitrogens is 3. The number of thiazole rings is 1. The summed E-state index contributed by atoms with van der Waals surface area (Å²) in [5.74, 6) is 0.136. The van der Waals surface area contributed by atoms with E-state index in [9.17, 15) is 8.42 Å². The van der Waals surface area contributed by atoms with E-state index in [1.54, 1.807) is 18.4 Å². The maximum absolute atomic E-state index is 12.2. The zero-order valence-corrected chi connectivity index (χ0v) is 13.3. The Labute approximate surface area is 122 Å². The van der Waals surface area contributed by atoms with Gasteiger partial charge >= 0.3 is 0 Å². The molecule has 2 aromatic rings. The number of hydrogen-bond donors (Lipinski definition) is 0. The lowest BCUT2D eigenvalue weighted by Crippen LogP contribution is -2.35. The fourth-order valence-corrected chi connectivity index (χ4v) is 5.05. The van der Waals surface area contributed by atoms with Crippen molar-refractivity contribution >= 4 is 26.9 Å². The third-order valence-electron chi connectivity index (χ3n) is 3.56. The van der Waals surface area contributed by atoms with E-state index in [1.165, 1.54) is 9.56 Å². The zero-order chi connectivity index (χ0) is 14.5. The van der Waals surface area contributed by atoms with Crippen LogP contribution in [0.4, 0.5) is 5.69 Å². The zero-order valence-electron chi connectivity index (χ0n) is 11.6. The van der Waals surface area contributed by atoms with Crippen LogP contribution in [0.3, 0.4) is 0 Å². The summed E-state index contributed by atoms with van der Waals surface area (Å²) in [5, 5.41) is 4.61. The van der Waals surface area contributed by atoms with Gasteiger partial charge in [-0.1, -0.05) is 0 Å². The Morgan fingerprint density at radius 2 is 2.10 bits per heavy atom. The molecule has 0 saturated heterocycles. The van der Waals surface area contributed by atoms with Gasteiger partial charge in [-0.05, 0) is 13.8 Å². The van der Waals surface area contributed by atoms with Gasteiger partial charge in [-0.2, -0.15) is 5.10 Å². The molecule has 0 atom stereocenters. The number of aryl methyl sites for hydroxylation is 3. The van der Waals surface area contributed by atoms with Crippen molar-refractivity contribution in [2.45, 2.75) is 25.4 Å². The van der Waals surface area contributed by atoms with E-state index in [0.717, 1.165) is 17.1 Å². The van der Waals surface area contributed by atoms with Crippen molar-refractivity contribution in [1.29, 1.82) is 0 Å². The van der Waals surface area contributed by atoms with E-state index in [-0.39, 0.29) is 5.75 Å². The highest BCUT2D eigenvalue weighted by Gasteiger charge is 2.34. The molecule has 1 aliphatic heterocycles. The van der Waals surface area contributed by atoms with Crippen LogP contribution in [0, 0.1) is 13.8 Å². The van der Waals surface area contributed by atoms with Gasteiger partial charge in [-0.15, -0.1) is 11.3 Å². The van der Waals surface area contributed by atoms with Crippen LogP contribution in [0.15, 0.2) is 10.5 Å². The first-order valence-corrected chi connectivity index (χ1v) is 8.83. The summed E-state index contributed by atoms with van der Waals surface area (Å²) in [4.78, 5) is 7.51. The number of sulfone groups is 1. The maximum Gasteiger partial charge on any atom is 0.199 e. The average Bonchev–Trinajstić information content (AvgIpc) is 2.88. The Kier molecular flexibility index (Phi) is 3.09. The molecule has 0 amide bonds. The van der Waals surface area contributed by atoms with E-state index >= 15 is 0 Å². The molecule has 108 valence electrons. The van der Waals surface area contributed by atoms with Crippen molar-refractivity contribution in [2.24, 2.45) is 7.05 Å². The van der Waals surface area contributed by atoms with Gasteiger partial charge in [0.1, 0.15) is 0 Å². The molecule has 3 rings (SSSR count). The fraction of sp³-hybridized carbons (Fsp3) is 0.500. The number of anilines is 1. The molecule has 0 radical (unpaired) electrons. The van der Waals surface area contributed by atoms with Gasteiger partial charge in [-0.25, -0.2) is 13.4 Å². The Morgan fingerprint density at radius 3 is 2.75 bits per heavy atom. The van der Waals surface area contributed by atoms with Crippen molar-refractivity contribution in [3.05, 3.63) is 21.8 Å². The minimum absolute atomic E-state index is 0.136. The lowest BCUT2D eigenvalue weighted by Gasteiger charge is -2.29. The monoisotopic (exact) mass is 312 g/mol. The lowest BCUT2D eigenvalue weighted by atomic mass is 10.3. The molecule has 20 heavy (non-hydrogen) atoms. The molecular formula is C12H16N4O2S2. The molecule has 0 spiro atoms. The smallest absolute Gasteiger partial charge is 0.199 e. The van der Waals surface area contributed by atoms with Crippen molar-refractivity contribution in [3.63, 3.8) is 0 Å². The maximum atomic E-state index is 12.2. The van der Waals surface area contributed by atoms with Gasteiger partial charge in [0.2, 0.25) is 0 Å². The summed E-state index contributed by atoms with van der Waals surface area (Å²) in [7, 11) is -1.54. The number of fused-ring (bicyclic) bond motifs is 1. The van der Waals surface area contributed by atoms with Crippen molar-refractivity contribution < 1.29 is 8.42 Å². The normalized spacial score (nSPS) is 17.2.